The predicted molar refractivity (Wildman–Crippen MR) is 130 cm³/mol. The lowest BCUT2D eigenvalue weighted by Crippen LogP contribution is -2.49. The van der Waals surface area contributed by atoms with Crippen LogP contribution in [0.1, 0.15) is 11.6 Å². The van der Waals surface area contributed by atoms with E-state index in [0.717, 1.165) is 43.2 Å². The number of methoxy groups -OCH3 is 1. The highest BCUT2D eigenvalue weighted by Crippen LogP contribution is 2.25. The normalized spacial score (nSPS) is 15.9. The van der Waals surface area contributed by atoms with Crippen LogP contribution in [-0.4, -0.2) is 58.1 Å². The number of hydrogen-bond acceptors (Lipinski definition) is 6. The lowest BCUT2D eigenvalue weighted by Gasteiger charge is -2.40. The van der Waals surface area contributed by atoms with Gasteiger partial charge in [0.05, 0.1) is 18.0 Å². The average Bonchev–Trinajstić information content (AvgIpc) is 2.85. The molecule has 1 N–H and O–H groups in total. The summed E-state index contributed by atoms with van der Waals surface area (Å²) in [6.45, 7) is 3.53. The molecule has 2 aromatic carbocycles. The number of benzene rings is 2. The van der Waals surface area contributed by atoms with Gasteiger partial charge in [0.25, 0.3) is 0 Å². The number of anilines is 1. The van der Waals surface area contributed by atoms with Crippen molar-refractivity contribution in [2.24, 2.45) is 0 Å². The Balaban J connectivity index is 1.46. The van der Waals surface area contributed by atoms with Crippen molar-refractivity contribution in [2.45, 2.75) is 10.9 Å². The van der Waals surface area contributed by atoms with E-state index in [1.807, 2.05) is 24.3 Å². The third-order valence-electron chi connectivity index (χ3n) is 5.85. The molecule has 0 radical (unpaired) electrons. The molecular weight excluding hydrogens is 460 g/mol. The van der Waals surface area contributed by atoms with Crippen LogP contribution in [0.3, 0.4) is 0 Å². The van der Waals surface area contributed by atoms with Crippen LogP contribution in [-0.2, 0) is 10.0 Å². The van der Waals surface area contributed by atoms with Gasteiger partial charge in [0, 0.05) is 55.8 Å². The second-order valence-electron chi connectivity index (χ2n) is 7.83. The zero-order valence-corrected chi connectivity index (χ0v) is 20.0. The molecule has 1 aromatic heterocycles. The summed E-state index contributed by atoms with van der Waals surface area (Å²) in [6, 6.07) is 18.0. The summed E-state index contributed by atoms with van der Waals surface area (Å²) in [4.78, 5) is 9.08. The summed E-state index contributed by atoms with van der Waals surface area (Å²) in [6.07, 6.45) is 3.52. The first kappa shape index (κ1) is 23.5. The summed E-state index contributed by atoms with van der Waals surface area (Å²) in [7, 11) is -2.00. The van der Waals surface area contributed by atoms with Gasteiger partial charge in [-0.05, 0) is 60.2 Å². The van der Waals surface area contributed by atoms with E-state index in [4.69, 9.17) is 16.3 Å². The summed E-state index contributed by atoms with van der Waals surface area (Å²) >= 11 is 5.90. The van der Waals surface area contributed by atoms with E-state index in [1.54, 1.807) is 31.6 Å². The lowest BCUT2D eigenvalue weighted by molar-refractivity contribution is 0.186. The van der Waals surface area contributed by atoms with E-state index in [-0.39, 0.29) is 17.5 Å². The molecule has 1 aliphatic rings. The van der Waals surface area contributed by atoms with Gasteiger partial charge in [-0.1, -0.05) is 17.7 Å². The molecule has 1 unspecified atom stereocenters. The van der Waals surface area contributed by atoms with Crippen LogP contribution in [0.5, 0.6) is 5.75 Å². The van der Waals surface area contributed by atoms with Gasteiger partial charge < -0.3 is 9.64 Å². The molecule has 0 aliphatic carbocycles. The topological polar surface area (TPSA) is 74.8 Å². The van der Waals surface area contributed by atoms with Gasteiger partial charge in [0.15, 0.2) is 0 Å². The molecule has 4 rings (SSSR count). The van der Waals surface area contributed by atoms with Crippen molar-refractivity contribution in [3.05, 3.63) is 83.6 Å². The molecule has 7 nitrogen and oxygen atoms in total. The molecule has 3 aromatic rings. The Kier molecular flexibility index (Phi) is 7.49. The molecule has 174 valence electrons. The van der Waals surface area contributed by atoms with Crippen molar-refractivity contribution < 1.29 is 13.2 Å². The maximum atomic E-state index is 12.8. The van der Waals surface area contributed by atoms with Crippen LogP contribution in [0.15, 0.2) is 78.0 Å². The fourth-order valence-electron chi connectivity index (χ4n) is 4.00. The number of pyridine rings is 1. The first-order valence-electron chi connectivity index (χ1n) is 10.7. The average molecular weight is 487 g/mol. The van der Waals surface area contributed by atoms with Crippen LogP contribution >= 0.6 is 11.6 Å². The van der Waals surface area contributed by atoms with E-state index in [9.17, 15) is 8.42 Å². The number of hydrogen-bond donors (Lipinski definition) is 1. The van der Waals surface area contributed by atoms with E-state index >= 15 is 0 Å². The molecule has 1 saturated heterocycles. The number of aromatic nitrogens is 1. The first-order valence-corrected chi connectivity index (χ1v) is 12.6. The standard InChI is InChI=1S/C24H27ClN4O3S/c1-32-22-8-6-21(7-9-22)28-13-15-29(16-14-28)24(19-3-2-12-26-17-19)18-27-33(30,31)23-10-4-20(25)5-11-23/h2-12,17,24,27H,13-16,18H2,1H3. The van der Waals surface area contributed by atoms with E-state index in [0.29, 0.717) is 5.02 Å². The highest BCUT2D eigenvalue weighted by Gasteiger charge is 2.27. The highest BCUT2D eigenvalue weighted by molar-refractivity contribution is 7.89. The first-order chi connectivity index (χ1) is 16.0. The molecule has 9 heteroatoms. The molecule has 1 aliphatic heterocycles. The Morgan fingerprint density at radius 1 is 1.03 bits per heavy atom. The van der Waals surface area contributed by atoms with Crippen molar-refractivity contribution in [2.75, 3.05) is 44.7 Å². The molecule has 0 bridgehead atoms. The quantitative estimate of drug-likeness (QED) is 0.524. The van der Waals surface area contributed by atoms with Gasteiger partial charge in [-0.3, -0.25) is 9.88 Å². The van der Waals surface area contributed by atoms with Crippen molar-refractivity contribution in [1.29, 1.82) is 0 Å². The third-order valence-corrected chi connectivity index (χ3v) is 7.54. The van der Waals surface area contributed by atoms with Crippen molar-refractivity contribution in [3.8, 4) is 5.75 Å². The molecule has 0 spiro atoms. The van der Waals surface area contributed by atoms with Gasteiger partial charge >= 0.3 is 0 Å². The maximum absolute atomic E-state index is 12.8. The van der Waals surface area contributed by atoms with Crippen molar-refractivity contribution in [3.63, 3.8) is 0 Å². The lowest BCUT2D eigenvalue weighted by atomic mass is 10.1. The summed E-state index contributed by atoms with van der Waals surface area (Å²) in [5.41, 5.74) is 2.13. The van der Waals surface area contributed by atoms with Crippen LogP contribution in [0.25, 0.3) is 0 Å². The third kappa shape index (κ3) is 5.83. The number of rotatable bonds is 8. The minimum atomic E-state index is -3.66. The monoisotopic (exact) mass is 486 g/mol. The minimum absolute atomic E-state index is 0.126. The Bertz CT molecular complexity index is 1130. The molecule has 1 fully saturated rings. The molecular formula is C24H27ClN4O3S. The Morgan fingerprint density at radius 3 is 2.33 bits per heavy atom. The van der Waals surface area contributed by atoms with Gasteiger partial charge in [0.1, 0.15) is 5.75 Å². The van der Waals surface area contributed by atoms with E-state index in [1.165, 1.54) is 12.1 Å². The van der Waals surface area contributed by atoms with E-state index < -0.39 is 10.0 Å². The SMILES string of the molecule is COc1ccc(N2CCN(C(CNS(=O)(=O)c3ccc(Cl)cc3)c3cccnc3)CC2)cc1. The molecule has 0 saturated carbocycles. The minimum Gasteiger partial charge on any atom is -0.497 e. The van der Waals surface area contributed by atoms with Crippen LogP contribution in [0.2, 0.25) is 5.02 Å². The number of ether oxygens (including phenoxy) is 1. The van der Waals surface area contributed by atoms with Crippen molar-refractivity contribution >= 4 is 27.3 Å². The maximum Gasteiger partial charge on any atom is 0.240 e. The summed E-state index contributed by atoms with van der Waals surface area (Å²) in [5.74, 6) is 0.835. The molecule has 0 amide bonds. The fraction of sp³-hybridized carbons (Fsp3) is 0.292. The largest absolute Gasteiger partial charge is 0.497 e. The smallest absolute Gasteiger partial charge is 0.240 e. The number of piperazine rings is 1. The Labute approximate surface area is 200 Å². The number of nitrogens with zero attached hydrogens (tertiary/aromatic N) is 3. The number of sulfonamides is 1. The van der Waals surface area contributed by atoms with Crippen LogP contribution in [0, 0.1) is 0 Å². The summed E-state index contributed by atoms with van der Waals surface area (Å²) < 4.78 is 33.7. The number of halogens is 1. The van der Waals surface area contributed by atoms with Gasteiger partial charge in [0.2, 0.25) is 10.0 Å². The van der Waals surface area contributed by atoms with Crippen LogP contribution in [0.4, 0.5) is 5.69 Å². The predicted octanol–water partition coefficient (Wildman–Crippen LogP) is 3.59. The Hall–Kier alpha value is -2.65. The number of nitrogens with one attached hydrogen (secondary N) is 1. The second kappa shape index (κ2) is 10.5. The zero-order chi connectivity index (χ0) is 23.3. The Morgan fingerprint density at radius 2 is 1.73 bits per heavy atom. The molecule has 33 heavy (non-hydrogen) atoms. The van der Waals surface area contributed by atoms with Crippen molar-refractivity contribution in [1.82, 2.24) is 14.6 Å². The molecule has 2 heterocycles. The highest BCUT2D eigenvalue weighted by atomic mass is 35.5. The van der Waals surface area contributed by atoms with Gasteiger partial charge in [-0.25, -0.2) is 13.1 Å². The van der Waals surface area contributed by atoms with Gasteiger partial charge in [-0.2, -0.15) is 0 Å². The molecule has 1 atom stereocenters. The zero-order valence-electron chi connectivity index (χ0n) is 18.4. The summed E-state index contributed by atoms with van der Waals surface area (Å²) in [5, 5.41) is 0.497. The van der Waals surface area contributed by atoms with Gasteiger partial charge in [-0.15, -0.1) is 0 Å². The second-order valence-corrected chi connectivity index (χ2v) is 10.0. The van der Waals surface area contributed by atoms with E-state index in [2.05, 4.69) is 31.6 Å². The van der Waals surface area contributed by atoms with Crippen LogP contribution < -0.4 is 14.4 Å². The fourth-order valence-corrected chi connectivity index (χ4v) is 5.17.